The second-order valence-corrected chi connectivity index (χ2v) is 8.08. The number of halogens is 1. The molecule has 0 spiro atoms. The molecule has 1 aromatic carbocycles. The minimum atomic E-state index is -2.86. The molecule has 0 saturated carbocycles. The predicted octanol–water partition coefficient (Wildman–Crippen LogP) is 1.76. The molecule has 19 heavy (non-hydrogen) atoms. The summed E-state index contributed by atoms with van der Waals surface area (Å²) >= 11 is 3.44. The number of hydrogen-bond donors (Lipinski definition) is 1. The fourth-order valence-electron chi connectivity index (χ4n) is 2.44. The van der Waals surface area contributed by atoms with Gasteiger partial charge in [-0.25, -0.2) is 8.42 Å². The molecule has 1 fully saturated rings. The molecule has 4 nitrogen and oxygen atoms in total. The van der Waals surface area contributed by atoms with Gasteiger partial charge >= 0.3 is 0 Å². The van der Waals surface area contributed by atoms with E-state index in [0.29, 0.717) is 12.8 Å². The summed E-state index contributed by atoms with van der Waals surface area (Å²) in [6.45, 7) is 0. The van der Waals surface area contributed by atoms with Crippen molar-refractivity contribution in [2.45, 2.75) is 18.9 Å². The highest BCUT2D eigenvalue weighted by molar-refractivity contribution is 9.10. The van der Waals surface area contributed by atoms with Gasteiger partial charge in [-0.1, -0.05) is 6.07 Å². The Kier molecular flexibility index (Phi) is 4.53. The lowest BCUT2D eigenvalue weighted by Crippen LogP contribution is -2.33. The molecule has 1 aromatic rings. The summed E-state index contributed by atoms with van der Waals surface area (Å²) in [6.07, 6.45) is 1.36. The third kappa shape index (κ3) is 3.70. The quantitative estimate of drug-likeness (QED) is 0.900. The number of methoxy groups -OCH3 is 1. The van der Waals surface area contributed by atoms with Crippen molar-refractivity contribution in [3.05, 3.63) is 28.2 Å². The van der Waals surface area contributed by atoms with Crippen LogP contribution in [0.1, 0.15) is 12.0 Å². The molecule has 0 bridgehead atoms. The first kappa shape index (κ1) is 14.8. The van der Waals surface area contributed by atoms with Gasteiger partial charge in [-0.3, -0.25) is 0 Å². The summed E-state index contributed by atoms with van der Waals surface area (Å²) in [6, 6.07) is 5.71. The van der Waals surface area contributed by atoms with Crippen LogP contribution < -0.4 is 10.5 Å². The van der Waals surface area contributed by atoms with Gasteiger partial charge in [0, 0.05) is 6.04 Å². The highest BCUT2D eigenvalue weighted by atomic mass is 79.9. The van der Waals surface area contributed by atoms with E-state index in [1.165, 1.54) is 0 Å². The molecule has 1 saturated heterocycles. The second-order valence-electron chi connectivity index (χ2n) is 5.00. The molecule has 106 valence electrons. The number of rotatable bonds is 4. The molecule has 0 aliphatic carbocycles. The van der Waals surface area contributed by atoms with Crippen molar-refractivity contribution in [1.29, 1.82) is 0 Å². The second kappa shape index (κ2) is 5.81. The average Bonchev–Trinajstić information content (AvgIpc) is 2.70. The first-order valence-electron chi connectivity index (χ1n) is 6.20. The van der Waals surface area contributed by atoms with E-state index in [9.17, 15) is 8.42 Å². The molecule has 1 heterocycles. The van der Waals surface area contributed by atoms with Gasteiger partial charge in [-0.15, -0.1) is 0 Å². The molecule has 2 N–H and O–H groups in total. The van der Waals surface area contributed by atoms with Crippen molar-refractivity contribution >= 4 is 25.8 Å². The first-order chi connectivity index (χ1) is 8.91. The number of sulfone groups is 1. The molecule has 2 rings (SSSR count). The van der Waals surface area contributed by atoms with Gasteiger partial charge in [0.2, 0.25) is 0 Å². The van der Waals surface area contributed by atoms with Crippen molar-refractivity contribution < 1.29 is 13.2 Å². The van der Waals surface area contributed by atoms with E-state index in [-0.39, 0.29) is 23.5 Å². The Morgan fingerprint density at radius 1 is 1.53 bits per heavy atom. The van der Waals surface area contributed by atoms with Crippen LogP contribution in [-0.4, -0.2) is 33.1 Å². The van der Waals surface area contributed by atoms with E-state index >= 15 is 0 Å². The Balaban J connectivity index is 2.03. The van der Waals surface area contributed by atoms with Crippen molar-refractivity contribution in [2.75, 3.05) is 18.6 Å². The molecule has 0 radical (unpaired) electrons. The highest BCUT2D eigenvalue weighted by Gasteiger charge is 2.31. The minimum absolute atomic E-state index is 0.0749. The van der Waals surface area contributed by atoms with Gasteiger partial charge < -0.3 is 10.5 Å². The van der Waals surface area contributed by atoms with E-state index in [1.54, 1.807) is 7.11 Å². The largest absolute Gasteiger partial charge is 0.496 e. The van der Waals surface area contributed by atoms with Gasteiger partial charge in [-0.2, -0.15) is 0 Å². The van der Waals surface area contributed by atoms with Crippen LogP contribution in [0.15, 0.2) is 22.7 Å². The fourth-order valence-corrected chi connectivity index (χ4v) is 4.92. The normalized spacial score (nSPS) is 23.2. The number of benzene rings is 1. The van der Waals surface area contributed by atoms with Gasteiger partial charge in [0.05, 0.1) is 23.1 Å². The van der Waals surface area contributed by atoms with Crippen LogP contribution in [0, 0.1) is 5.92 Å². The SMILES string of the molecule is COc1ccc(CC(N)C2CCS(=O)(=O)C2)cc1Br. The summed E-state index contributed by atoms with van der Waals surface area (Å²) in [4.78, 5) is 0. The van der Waals surface area contributed by atoms with Gasteiger partial charge in [0.15, 0.2) is 9.84 Å². The highest BCUT2D eigenvalue weighted by Crippen LogP contribution is 2.28. The van der Waals surface area contributed by atoms with Crippen LogP contribution in [0.4, 0.5) is 0 Å². The number of ether oxygens (including phenoxy) is 1. The van der Waals surface area contributed by atoms with Crippen molar-refractivity contribution in [1.82, 2.24) is 0 Å². The predicted molar refractivity (Wildman–Crippen MR) is 79.1 cm³/mol. The number of nitrogens with two attached hydrogens (primary N) is 1. The lowest BCUT2D eigenvalue weighted by atomic mass is 9.94. The molecule has 6 heteroatoms. The van der Waals surface area contributed by atoms with Gasteiger partial charge in [-0.05, 0) is 52.4 Å². The van der Waals surface area contributed by atoms with E-state index in [1.807, 2.05) is 18.2 Å². The summed E-state index contributed by atoms with van der Waals surface area (Å²) in [7, 11) is -1.24. The zero-order valence-corrected chi connectivity index (χ0v) is 13.2. The summed E-state index contributed by atoms with van der Waals surface area (Å²) in [5.74, 6) is 1.36. The van der Waals surface area contributed by atoms with Crippen LogP contribution in [-0.2, 0) is 16.3 Å². The van der Waals surface area contributed by atoms with E-state index in [4.69, 9.17) is 10.5 Å². The first-order valence-corrected chi connectivity index (χ1v) is 8.81. The molecular formula is C13H18BrNO3S. The molecule has 0 amide bonds. The maximum atomic E-state index is 11.5. The Labute approximate surface area is 122 Å². The Morgan fingerprint density at radius 2 is 2.26 bits per heavy atom. The third-order valence-electron chi connectivity index (χ3n) is 3.56. The number of hydrogen-bond acceptors (Lipinski definition) is 4. The molecule has 1 aliphatic heterocycles. The standard InChI is InChI=1S/C13H18BrNO3S/c1-18-13-3-2-9(6-11(13)14)7-12(15)10-4-5-19(16,17)8-10/h2-3,6,10,12H,4-5,7-8,15H2,1H3. The summed E-state index contributed by atoms with van der Waals surface area (Å²) in [5, 5.41) is 0. The van der Waals surface area contributed by atoms with Crippen LogP contribution >= 0.6 is 15.9 Å². The van der Waals surface area contributed by atoms with Gasteiger partial charge in [0.25, 0.3) is 0 Å². The smallest absolute Gasteiger partial charge is 0.150 e. The Bertz CT molecular complexity index is 559. The van der Waals surface area contributed by atoms with Crippen molar-refractivity contribution in [2.24, 2.45) is 11.7 Å². The van der Waals surface area contributed by atoms with E-state index in [0.717, 1.165) is 15.8 Å². The Morgan fingerprint density at radius 3 is 2.79 bits per heavy atom. The summed E-state index contributed by atoms with van der Waals surface area (Å²) < 4.78 is 29.0. The van der Waals surface area contributed by atoms with E-state index in [2.05, 4.69) is 15.9 Å². The van der Waals surface area contributed by atoms with Crippen LogP contribution in [0.3, 0.4) is 0 Å². The average molecular weight is 348 g/mol. The maximum absolute atomic E-state index is 11.5. The van der Waals surface area contributed by atoms with Crippen molar-refractivity contribution in [3.63, 3.8) is 0 Å². The molecule has 0 aromatic heterocycles. The zero-order chi connectivity index (χ0) is 14.0. The third-order valence-corrected chi connectivity index (χ3v) is 5.97. The maximum Gasteiger partial charge on any atom is 0.150 e. The lowest BCUT2D eigenvalue weighted by Gasteiger charge is -2.18. The van der Waals surface area contributed by atoms with Crippen molar-refractivity contribution in [3.8, 4) is 5.75 Å². The van der Waals surface area contributed by atoms with Crippen LogP contribution in [0.5, 0.6) is 5.75 Å². The Hall–Kier alpha value is -0.590. The van der Waals surface area contributed by atoms with Crippen LogP contribution in [0.25, 0.3) is 0 Å². The summed E-state index contributed by atoms with van der Waals surface area (Å²) in [5.41, 5.74) is 7.23. The molecular weight excluding hydrogens is 330 g/mol. The molecule has 2 unspecified atom stereocenters. The topological polar surface area (TPSA) is 69.4 Å². The lowest BCUT2D eigenvalue weighted by molar-refractivity contribution is 0.411. The zero-order valence-electron chi connectivity index (χ0n) is 10.8. The fraction of sp³-hybridized carbons (Fsp3) is 0.538. The molecule has 1 aliphatic rings. The monoisotopic (exact) mass is 347 g/mol. The minimum Gasteiger partial charge on any atom is -0.496 e. The van der Waals surface area contributed by atoms with Gasteiger partial charge in [0.1, 0.15) is 5.75 Å². The van der Waals surface area contributed by atoms with E-state index < -0.39 is 9.84 Å². The van der Waals surface area contributed by atoms with Crippen LogP contribution in [0.2, 0.25) is 0 Å². The molecule has 2 atom stereocenters.